The van der Waals surface area contributed by atoms with Gasteiger partial charge in [0, 0.05) is 19.2 Å². The summed E-state index contributed by atoms with van der Waals surface area (Å²) in [5, 5.41) is 16.6. The summed E-state index contributed by atoms with van der Waals surface area (Å²) < 4.78 is 6.65. The maximum atomic E-state index is 12.7. The second kappa shape index (κ2) is 8.59. The number of amides is 2. The highest BCUT2D eigenvalue weighted by molar-refractivity contribution is 6.07. The van der Waals surface area contributed by atoms with Crippen molar-refractivity contribution < 1.29 is 14.3 Å². The third-order valence-electron chi connectivity index (χ3n) is 4.26. The molecule has 0 aliphatic rings. The van der Waals surface area contributed by atoms with Gasteiger partial charge in [0.1, 0.15) is 17.1 Å². The summed E-state index contributed by atoms with van der Waals surface area (Å²) in [7, 11) is 3.24. The van der Waals surface area contributed by atoms with Crippen LogP contribution < -0.4 is 15.4 Å². The number of nitrogens with zero attached hydrogens (tertiary/aromatic N) is 3. The summed E-state index contributed by atoms with van der Waals surface area (Å²) in [6, 6.07) is 9.02. The second-order valence-corrected chi connectivity index (χ2v) is 6.99. The molecule has 0 aliphatic heterocycles. The highest BCUT2D eigenvalue weighted by Gasteiger charge is 2.20. The van der Waals surface area contributed by atoms with E-state index in [0.717, 1.165) is 5.56 Å². The molecule has 0 saturated heterocycles. The molecule has 29 heavy (non-hydrogen) atoms. The first-order valence-corrected chi connectivity index (χ1v) is 9.20. The summed E-state index contributed by atoms with van der Waals surface area (Å²) >= 11 is 0. The molecule has 0 atom stereocenters. The lowest BCUT2D eigenvalue weighted by atomic mass is 10.1. The Hall–Kier alpha value is -3.62. The maximum Gasteiger partial charge on any atom is 0.273 e. The topological polar surface area (TPSA) is 114 Å². The molecule has 0 radical (unpaired) electrons. The van der Waals surface area contributed by atoms with E-state index in [1.807, 2.05) is 38.1 Å². The molecule has 9 heteroatoms. The van der Waals surface area contributed by atoms with Crippen LogP contribution in [0.4, 0.5) is 5.69 Å². The zero-order valence-electron chi connectivity index (χ0n) is 16.8. The van der Waals surface area contributed by atoms with Crippen molar-refractivity contribution in [2.45, 2.75) is 13.8 Å². The van der Waals surface area contributed by atoms with Gasteiger partial charge in [0.25, 0.3) is 11.8 Å². The molecule has 0 unspecified atom stereocenters. The van der Waals surface area contributed by atoms with E-state index >= 15 is 0 Å². The van der Waals surface area contributed by atoms with Crippen LogP contribution in [0.5, 0.6) is 5.75 Å². The largest absolute Gasteiger partial charge is 0.497 e. The average Bonchev–Trinajstić information content (AvgIpc) is 3.33. The number of hydrogen-bond acceptors (Lipinski definition) is 5. The van der Waals surface area contributed by atoms with Crippen molar-refractivity contribution in [1.82, 2.24) is 25.3 Å². The van der Waals surface area contributed by atoms with Crippen LogP contribution in [-0.2, 0) is 7.05 Å². The third-order valence-corrected chi connectivity index (χ3v) is 4.26. The monoisotopic (exact) mass is 396 g/mol. The highest BCUT2D eigenvalue weighted by atomic mass is 16.5. The number of carbonyl (C=O) groups is 2. The number of aromatic amines is 1. The molecule has 9 nitrogen and oxygen atoms in total. The maximum absolute atomic E-state index is 12.7. The fourth-order valence-electron chi connectivity index (χ4n) is 2.74. The molecular formula is C20H24N6O3. The van der Waals surface area contributed by atoms with Crippen molar-refractivity contribution in [3.63, 3.8) is 0 Å². The van der Waals surface area contributed by atoms with Crippen molar-refractivity contribution in [2.24, 2.45) is 13.0 Å². The molecule has 2 amide bonds. The van der Waals surface area contributed by atoms with Crippen molar-refractivity contribution in [2.75, 3.05) is 19.0 Å². The first-order valence-electron chi connectivity index (χ1n) is 9.20. The summed E-state index contributed by atoms with van der Waals surface area (Å²) in [6.45, 7) is 4.54. The molecular weight excluding hydrogens is 372 g/mol. The smallest absolute Gasteiger partial charge is 0.273 e. The van der Waals surface area contributed by atoms with Gasteiger partial charge in [-0.3, -0.25) is 19.4 Å². The van der Waals surface area contributed by atoms with Crippen LogP contribution in [0.25, 0.3) is 11.3 Å². The highest BCUT2D eigenvalue weighted by Crippen LogP contribution is 2.23. The normalized spacial score (nSPS) is 10.8. The molecule has 152 valence electrons. The SMILES string of the molecule is COc1cccc(-c2cc(C(=O)Nc3cnn(C)c3C(=O)NCC(C)C)[nH]n2)c1. The number of anilines is 1. The lowest BCUT2D eigenvalue weighted by molar-refractivity contribution is 0.0940. The van der Waals surface area contributed by atoms with E-state index in [1.54, 1.807) is 20.2 Å². The standard InChI is InChI=1S/C20H24N6O3/c1-12(2)10-21-20(28)18-17(11-22-26(18)3)23-19(27)16-9-15(24-25-16)13-6-5-7-14(8-13)29-4/h5-9,11-12H,10H2,1-4H3,(H,21,28)(H,23,27)(H,24,25). The minimum atomic E-state index is -0.419. The van der Waals surface area contributed by atoms with Gasteiger partial charge < -0.3 is 15.4 Å². The predicted octanol–water partition coefficient (Wildman–Crippen LogP) is 2.46. The van der Waals surface area contributed by atoms with Gasteiger partial charge >= 0.3 is 0 Å². The number of ether oxygens (including phenoxy) is 1. The Balaban J connectivity index is 1.76. The molecule has 3 rings (SSSR count). The van der Waals surface area contributed by atoms with E-state index in [2.05, 4.69) is 25.9 Å². The molecule has 2 aromatic heterocycles. The number of hydrogen-bond donors (Lipinski definition) is 3. The predicted molar refractivity (Wildman–Crippen MR) is 109 cm³/mol. The average molecular weight is 396 g/mol. The van der Waals surface area contributed by atoms with Crippen LogP contribution in [0.1, 0.15) is 34.8 Å². The molecule has 0 spiro atoms. The number of aryl methyl sites for hydroxylation is 1. The molecule has 2 heterocycles. The van der Waals surface area contributed by atoms with Crippen LogP contribution >= 0.6 is 0 Å². The van der Waals surface area contributed by atoms with Crippen molar-refractivity contribution in [3.05, 3.63) is 47.9 Å². The second-order valence-electron chi connectivity index (χ2n) is 6.99. The Morgan fingerprint density at radius 3 is 2.76 bits per heavy atom. The van der Waals surface area contributed by atoms with Gasteiger partial charge in [0.2, 0.25) is 0 Å². The van der Waals surface area contributed by atoms with Gasteiger partial charge in [-0.2, -0.15) is 10.2 Å². The zero-order chi connectivity index (χ0) is 21.0. The number of H-pyrrole nitrogens is 1. The molecule has 0 fully saturated rings. The summed E-state index contributed by atoms with van der Waals surface area (Å²) in [5.41, 5.74) is 2.30. The molecule has 1 aromatic carbocycles. The van der Waals surface area contributed by atoms with Gasteiger partial charge in [-0.05, 0) is 24.1 Å². The number of aromatic nitrogens is 4. The first-order chi connectivity index (χ1) is 13.9. The van der Waals surface area contributed by atoms with Crippen molar-refractivity contribution in [3.8, 4) is 17.0 Å². The first kappa shape index (κ1) is 20.1. The van der Waals surface area contributed by atoms with E-state index in [-0.39, 0.29) is 17.3 Å². The van der Waals surface area contributed by atoms with Gasteiger partial charge in [-0.15, -0.1) is 0 Å². The number of rotatable bonds is 7. The number of benzene rings is 1. The Morgan fingerprint density at radius 1 is 1.24 bits per heavy atom. The summed E-state index contributed by atoms with van der Waals surface area (Å²) in [6.07, 6.45) is 1.45. The Bertz CT molecular complexity index is 1020. The van der Waals surface area contributed by atoms with Gasteiger partial charge in [-0.1, -0.05) is 26.0 Å². The number of nitrogens with one attached hydrogen (secondary N) is 3. The Kier molecular flexibility index (Phi) is 5.96. The third kappa shape index (κ3) is 4.63. The van der Waals surface area contributed by atoms with Crippen LogP contribution in [-0.4, -0.2) is 45.4 Å². The fourth-order valence-corrected chi connectivity index (χ4v) is 2.74. The number of carbonyl (C=O) groups excluding carboxylic acids is 2. The van der Waals surface area contributed by atoms with E-state index in [1.165, 1.54) is 10.9 Å². The van der Waals surface area contributed by atoms with Gasteiger partial charge in [0.05, 0.1) is 24.7 Å². The van der Waals surface area contributed by atoms with Crippen molar-refractivity contribution >= 4 is 17.5 Å². The molecule has 3 aromatic rings. The van der Waals surface area contributed by atoms with Crippen molar-refractivity contribution in [1.29, 1.82) is 0 Å². The quantitative estimate of drug-likeness (QED) is 0.568. The summed E-state index contributed by atoms with van der Waals surface area (Å²) in [5.74, 6) is 0.294. The molecule has 0 bridgehead atoms. The van der Waals surface area contributed by atoms with Crippen LogP contribution in [0.2, 0.25) is 0 Å². The van der Waals surface area contributed by atoms with Crippen LogP contribution in [0.15, 0.2) is 36.5 Å². The zero-order valence-corrected chi connectivity index (χ0v) is 16.8. The Morgan fingerprint density at radius 2 is 2.03 bits per heavy atom. The van der Waals surface area contributed by atoms with Gasteiger partial charge in [-0.25, -0.2) is 0 Å². The fraction of sp³-hybridized carbons (Fsp3) is 0.300. The van der Waals surface area contributed by atoms with E-state index < -0.39 is 5.91 Å². The van der Waals surface area contributed by atoms with Crippen LogP contribution in [0.3, 0.4) is 0 Å². The van der Waals surface area contributed by atoms with E-state index in [0.29, 0.717) is 29.6 Å². The number of methoxy groups -OCH3 is 1. The van der Waals surface area contributed by atoms with Gasteiger partial charge in [0.15, 0.2) is 0 Å². The lowest BCUT2D eigenvalue weighted by Crippen LogP contribution is -2.30. The minimum Gasteiger partial charge on any atom is -0.497 e. The Labute approximate surface area is 168 Å². The molecule has 0 saturated carbocycles. The van der Waals surface area contributed by atoms with Crippen LogP contribution in [0, 0.1) is 5.92 Å². The molecule has 3 N–H and O–H groups in total. The molecule has 0 aliphatic carbocycles. The van der Waals surface area contributed by atoms with E-state index in [4.69, 9.17) is 4.74 Å². The lowest BCUT2D eigenvalue weighted by Gasteiger charge is -2.10. The summed E-state index contributed by atoms with van der Waals surface area (Å²) in [4.78, 5) is 25.1. The minimum absolute atomic E-state index is 0.264. The van der Waals surface area contributed by atoms with E-state index in [9.17, 15) is 9.59 Å².